The molecule has 0 aromatic carbocycles. The van der Waals surface area contributed by atoms with Crippen molar-refractivity contribution in [2.24, 2.45) is 16.7 Å². The average molecular weight is 170 g/mol. The second-order valence-corrected chi connectivity index (χ2v) is 5.94. The predicted molar refractivity (Wildman–Crippen MR) is 52.0 cm³/mol. The lowest BCUT2D eigenvalue weighted by Gasteiger charge is -2.33. The first-order valence-corrected chi connectivity index (χ1v) is 4.93. The third-order valence-electron chi connectivity index (χ3n) is 3.39. The molecule has 1 fully saturated rings. The topological polar surface area (TPSA) is 20.2 Å². The van der Waals surface area contributed by atoms with E-state index in [1.54, 1.807) is 0 Å². The van der Waals surface area contributed by atoms with Crippen molar-refractivity contribution in [1.82, 2.24) is 0 Å². The van der Waals surface area contributed by atoms with Crippen molar-refractivity contribution < 1.29 is 5.11 Å². The summed E-state index contributed by atoms with van der Waals surface area (Å²) in [5.74, 6) is 0.479. The lowest BCUT2D eigenvalue weighted by molar-refractivity contribution is 0.00740. The maximum Gasteiger partial charge on any atom is 0.0624 e. The van der Waals surface area contributed by atoms with Crippen molar-refractivity contribution in [3.05, 3.63) is 0 Å². The van der Waals surface area contributed by atoms with Gasteiger partial charge in [0.05, 0.1) is 6.10 Å². The van der Waals surface area contributed by atoms with Gasteiger partial charge in [0.2, 0.25) is 0 Å². The van der Waals surface area contributed by atoms with E-state index in [4.69, 9.17) is 0 Å². The van der Waals surface area contributed by atoms with Gasteiger partial charge in [0.15, 0.2) is 0 Å². The average Bonchev–Trinajstić information content (AvgIpc) is 2.06. The van der Waals surface area contributed by atoms with E-state index in [0.717, 1.165) is 6.42 Å². The summed E-state index contributed by atoms with van der Waals surface area (Å²) in [4.78, 5) is 0. The molecule has 0 saturated heterocycles. The molecule has 2 atom stereocenters. The van der Waals surface area contributed by atoms with E-state index >= 15 is 0 Å². The number of aliphatic hydroxyl groups is 1. The fraction of sp³-hybridized carbons (Fsp3) is 1.00. The molecule has 1 saturated carbocycles. The van der Waals surface area contributed by atoms with E-state index in [1.807, 2.05) is 0 Å². The normalized spacial score (nSPS) is 35.5. The largest absolute Gasteiger partial charge is 0.392 e. The number of hydrogen-bond acceptors (Lipinski definition) is 1. The van der Waals surface area contributed by atoms with Crippen LogP contribution in [0.3, 0.4) is 0 Å². The third kappa shape index (κ3) is 1.66. The van der Waals surface area contributed by atoms with Crippen molar-refractivity contribution in [1.29, 1.82) is 0 Å². The Morgan fingerprint density at radius 2 is 1.75 bits per heavy atom. The Kier molecular flexibility index (Phi) is 2.28. The van der Waals surface area contributed by atoms with Crippen molar-refractivity contribution in [2.75, 3.05) is 0 Å². The first-order chi connectivity index (χ1) is 5.25. The molecule has 1 nitrogen and oxygen atoms in total. The van der Waals surface area contributed by atoms with Gasteiger partial charge in [0, 0.05) is 0 Å². The summed E-state index contributed by atoms with van der Waals surface area (Å²) in [6.07, 6.45) is 2.23. The summed E-state index contributed by atoms with van der Waals surface area (Å²) in [5, 5.41) is 10.1. The molecule has 1 N–H and O–H groups in total. The van der Waals surface area contributed by atoms with Crippen molar-refractivity contribution in [3.8, 4) is 0 Å². The van der Waals surface area contributed by atoms with E-state index in [1.165, 1.54) is 6.42 Å². The van der Waals surface area contributed by atoms with Crippen molar-refractivity contribution in [3.63, 3.8) is 0 Å². The van der Waals surface area contributed by atoms with Gasteiger partial charge in [-0.3, -0.25) is 0 Å². The van der Waals surface area contributed by atoms with E-state index in [-0.39, 0.29) is 16.9 Å². The molecule has 1 aliphatic carbocycles. The van der Waals surface area contributed by atoms with E-state index in [0.29, 0.717) is 5.92 Å². The highest BCUT2D eigenvalue weighted by atomic mass is 16.3. The molecule has 0 radical (unpaired) electrons. The summed E-state index contributed by atoms with van der Waals surface area (Å²) in [7, 11) is 0. The molecule has 0 amide bonds. The molecule has 1 aliphatic rings. The van der Waals surface area contributed by atoms with Gasteiger partial charge in [-0.1, -0.05) is 34.6 Å². The Morgan fingerprint density at radius 3 is 1.92 bits per heavy atom. The first-order valence-electron chi connectivity index (χ1n) is 4.93. The SMILES string of the molecule is CC(C)(C)C1CCC(C)(C)C1O. The van der Waals surface area contributed by atoms with Gasteiger partial charge in [0.25, 0.3) is 0 Å². The second kappa shape index (κ2) is 2.73. The first kappa shape index (κ1) is 10.0. The van der Waals surface area contributed by atoms with Crippen LogP contribution in [0.4, 0.5) is 0 Å². The van der Waals surface area contributed by atoms with Gasteiger partial charge in [-0.05, 0) is 29.6 Å². The monoisotopic (exact) mass is 170 g/mol. The van der Waals surface area contributed by atoms with Gasteiger partial charge < -0.3 is 5.11 Å². The maximum absolute atomic E-state index is 10.1. The Balaban J connectivity index is 2.74. The lowest BCUT2D eigenvalue weighted by atomic mass is 9.75. The highest BCUT2D eigenvalue weighted by Gasteiger charge is 2.45. The molecule has 0 bridgehead atoms. The van der Waals surface area contributed by atoms with Crippen LogP contribution in [0.1, 0.15) is 47.5 Å². The van der Waals surface area contributed by atoms with Crippen LogP contribution in [0.15, 0.2) is 0 Å². The molecule has 0 aromatic heterocycles. The predicted octanol–water partition coefficient (Wildman–Crippen LogP) is 2.83. The Bertz CT molecular complexity index is 164. The Hall–Kier alpha value is -0.0400. The van der Waals surface area contributed by atoms with Gasteiger partial charge in [-0.25, -0.2) is 0 Å². The van der Waals surface area contributed by atoms with Crippen LogP contribution in [0, 0.1) is 16.7 Å². The van der Waals surface area contributed by atoms with Crippen LogP contribution in [0.25, 0.3) is 0 Å². The van der Waals surface area contributed by atoms with Crippen LogP contribution in [-0.4, -0.2) is 11.2 Å². The maximum atomic E-state index is 10.1. The summed E-state index contributed by atoms with van der Waals surface area (Å²) >= 11 is 0. The number of rotatable bonds is 0. The number of aliphatic hydroxyl groups excluding tert-OH is 1. The van der Waals surface area contributed by atoms with Crippen LogP contribution < -0.4 is 0 Å². The quantitative estimate of drug-likeness (QED) is 0.592. The fourth-order valence-electron chi connectivity index (χ4n) is 2.28. The molecular formula is C11H22O. The zero-order valence-electron chi connectivity index (χ0n) is 9.02. The summed E-state index contributed by atoms with van der Waals surface area (Å²) < 4.78 is 0. The molecule has 0 heterocycles. The third-order valence-corrected chi connectivity index (χ3v) is 3.39. The molecule has 2 unspecified atom stereocenters. The van der Waals surface area contributed by atoms with Crippen LogP contribution in [0.5, 0.6) is 0 Å². The molecule has 0 spiro atoms. The summed E-state index contributed by atoms with van der Waals surface area (Å²) in [6, 6.07) is 0. The van der Waals surface area contributed by atoms with E-state index < -0.39 is 0 Å². The summed E-state index contributed by atoms with van der Waals surface area (Å²) in [6.45, 7) is 11.0. The highest BCUT2D eigenvalue weighted by Crippen LogP contribution is 2.48. The highest BCUT2D eigenvalue weighted by molar-refractivity contribution is 4.95. The van der Waals surface area contributed by atoms with Gasteiger partial charge in [0.1, 0.15) is 0 Å². The van der Waals surface area contributed by atoms with Crippen molar-refractivity contribution in [2.45, 2.75) is 53.6 Å². The molecular weight excluding hydrogens is 148 g/mol. The molecule has 0 aromatic rings. The van der Waals surface area contributed by atoms with Gasteiger partial charge >= 0.3 is 0 Å². The minimum Gasteiger partial charge on any atom is -0.392 e. The van der Waals surface area contributed by atoms with Gasteiger partial charge in [-0.15, -0.1) is 0 Å². The lowest BCUT2D eigenvalue weighted by Crippen LogP contribution is -2.34. The minimum atomic E-state index is -0.113. The van der Waals surface area contributed by atoms with Crippen LogP contribution in [-0.2, 0) is 0 Å². The Morgan fingerprint density at radius 1 is 1.25 bits per heavy atom. The molecule has 12 heavy (non-hydrogen) atoms. The molecule has 72 valence electrons. The van der Waals surface area contributed by atoms with E-state index in [9.17, 15) is 5.11 Å². The number of hydrogen-bond donors (Lipinski definition) is 1. The smallest absolute Gasteiger partial charge is 0.0624 e. The van der Waals surface area contributed by atoms with Crippen LogP contribution >= 0.6 is 0 Å². The Labute approximate surface area is 76.2 Å². The fourth-order valence-corrected chi connectivity index (χ4v) is 2.28. The zero-order chi connectivity index (χ0) is 9.57. The van der Waals surface area contributed by atoms with E-state index in [2.05, 4.69) is 34.6 Å². The summed E-state index contributed by atoms with van der Waals surface area (Å²) in [5.41, 5.74) is 0.394. The molecule has 1 rings (SSSR count). The zero-order valence-corrected chi connectivity index (χ0v) is 9.02. The molecule has 1 heteroatoms. The second-order valence-electron chi connectivity index (χ2n) is 5.94. The minimum absolute atomic E-state index is 0.113. The molecule has 0 aliphatic heterocycles. The van der Waals surface area contributed by atoms with Gasteiger partial charge in [-0.2, -0.15) is 0 Å². The van der Waals surface area contributed by atoms with Crippen LogP contribution in [0.2, 0.25) is 0 Å². The van der Waals surface area contributed by atoms with Crippen molar-refractivity contribution >= 4 is 0 Å². The standard InChI is InChI=1S/C11H22O/c1-10(2,3)8-6-7-11(4,5)9(8)12/h8-9,12H,6-7H2,1-5H3.